The number of nitrogens with two attached hydrogens (primary N) is 1. The van der Waals surface area contributed by atoms with Crippen molar-refractivity contribution in [2.45, 2.75) is 19.8 Å². The van der Waals surface area contributed by atoms with Crippen molar-refractivity contribution in [1.82, 2.24) is 4.98 Å². The van der Waals surface area contributed by atoms with E-state index in [-0.39, 0.29) is 5.82 Å². The fraction of sp³-hybridized carbons (Fsp3) is 0.158. The van der Waals surface area contributed by atoms with Crippen LogP contribution in [0.3, 0.4) is 0 Å². The zero-order chi connectivity index (χ0) is 16.2. The van der Waals surface area contributed by atoms with E-state index < -0.39 is 0 Å². The fourth-order valence-corrected chi connectivity index (χ4v) is 3.34. The average Bonchev–Trinajstić information content (AvgIpc) is 3.09. The molecule has 0 saturated carbocycles. The van der Waals surface area contributed by atoms with Crippen molar-refractivity contribution in [3.63, 3.8) is 0 Å². The minimum Gasteiger partial charge on any atom is -0.383 e. The van der Waals surface area contributed by atoms with Gasteiger partial charge in [0.25, 0.3) is 0 Å². The maximum absolute atomic E-state index is 9.39. The van der Waals surface area contributed by atoms with Gasteiger partial charge in [-0.1, -0.05) is 43.7 Å². The number of rotatable bonds is 4. The number of hydrogen-bond acceptors (Lipinski definition) is 4. The van der Waals surface area contributed by atoms with E-state index in [2.05, 4.69) is 42.2 Å². The van der Waals surface area contributed by atoms with E-state index in [4.69, 9.17) is 5.73 Å². The standard InChI is InChI=1S/C19H17N3S/c1-2-4-13-6-8-14(9-7-13)17-11-15(18-5-3-10-23-18)16(12-20)19(21)22-17/h3,5-11H,2,4H2,1H3,(H2,21,22). The molecule has 0 bridgehead atoms. The summed E-state index contributed by atoms with van der Waals surface area (Å²) in [6.07, 6.45) is 2.20. The van der Waals surface area contributed by atoms with Gasteiger partial charge in [0.05, 0.1) is 5.69 Å². The van der Waals surface area contributed by atoms with Crippen LogP contribution in [0.1, 0.15) is 24.5 Å². The van der Waals surface area contributed by atoms with Crippen LogP contribution in [0.25, 0.3) is 21.7 Å². The first kappa shape index (κ1) is 15.3. The average molecular weight is 319 g/mol. The highest BCUT2D eigenvalue weighted by atomic mass is 32.1. The number of hydrogen-bond donors (Lipinski definition) is 1. The SMILES string of the molecule is CCCc1ccc(-c2cc(-c3cccs3)c(C#N)c(N)n2)cc1. The molecule has 0 aliphatic heterocycles. The molecule has 2 heterocycles. The molecule has 0 unspecified atom stereocenters. The van der Waals surface area contributed by atoms with Gasteiger partial charge in [0.1, 0.15) is 17.5 Å². The minimum atomic E-state index is 0.283. The van der Waals surface area contributed by atoms with E-state index in [0.29, 0.717) is 5.56 Å². The topological polar surface area (TPSA) is 62.7 Å². The Hall–Kier alpha value is -2.64. The summed E-state index contributed by atoms with van der Waals surface area (Å²) in [4.78, 5) is 5.45. The van der Waals surface area contributed by atoms with Gasteiger partial charge >= 0.3 is 0 Å². The van der Waals surface area contributed by atoms with Crippen molar-refractivity contribution in [3.05, 3.63) is 59.0 Å². The second-order valence-corrected chi connectivity index (χ2v) is 6.30. The smallest absolute Gasteiger partial charge is 0.142 e. The Bertz CT molecular complexity index is 844. The van der Waals surface area contributed by atoms with Crippen LogP contribution in [0, 0.1) is 11.3 Å². The van der Waals surface area contributed by atoms with Crippen LogP contribution in [0.4, 0.5) is 5.82 Å². The third-order valence-electron chi connectivity index (χ3n) is 3.73. The number of benzene rings is 1. The molecule has 0 spiro atoms. The Morgan fingerprint density at radius 3 is 2.61 bits per heavy atom. The number of pyridine rings is 1. The lowest BCUT2D eigenvalue weighted by molar-refractivity contribution is 0.922. The highest BCUT2D eigenvalue weighted by Gasteiger charge is 2.14. The Morgan fingerprint density at radius 2 is 2.00 bits per heavy atom. The first-order valence-electron chi connectivity index (χ1n) is 7.56. The summed E-state index contributed by atoms with van der Waals surface area (Å²) in [5, 5.41) is 11.4. The quantitative estimate of drug-likeness (QED) is 0.745. The summed E-state index contributed by atoms with van der Waals surface area (Å²) in [7, 11) is 0. The summed E-state index contributed by atoms with van der Waals surface area (Å²) in [6.45, 7) is 2.17. The first-order valence-corrected chi connectivity index (χ1v) is 8.44. The molecule has 0 radical (unpaired) electrons. The molecule has 114 valence electrons. The van der Waals surface area contributed by atoms with Gasteiger partial charge < -0.3 is 5.73 Å². The van der Waals surface area contributed by atoms with Gasteiger partial charge in [0.15, 0.2) is 0 Å². The second-order valence-electron chi connectivity index (χ2n) is 5.35. The van der Waals surface area contributed by atoms with Crippen molar-refractivity contribution in [3.8, 4) is 27.8 Å². The first-order chi connectivity index (χ1) is 11.2. The predicted molar refractivity (Wildman–Crippen MR) is 96.1 cm³/mol. The van der Waals surface area contributed by atoms with Crippen molar-refractivity contribution in [1.29, 1.82) is 5.26 Å². The molecule has 23 heavy (non-hydrogen) atoms. The summed E-state index contributed by atoms with van der Waals surface area (Å²) in [6, 6.07) is 16.5. The van der Waals surface area contributed by atoms with E-state index in [1.807, 2.05) is 23.6 Å². The molecule has 0 amide bonds. The zero-order valence-corrected chi connectivity index (χ0v) is 13.7. The summed E-state index contributed by atoms with van der Waals surface area (Å²) < 4.78 is 0. The summed E-state index contributed by atoms with van der Waals surface area (Å²) in [5.74, 6) is 0.283. The number of nitriles is 1. The second kappa shape index (κ2) is 6.64. The van der Waals surface area contributed by atoms with Crippen LogP contribution in [-0.2, 0) is 6.42 Å². The van der Waals surface area contributed by atoms with Crippen LogP contribution >= 0.6 is 11.3 Å². The van der Waals surface area contributed by atoms with Crippen LogP contribution in [-0.4, -0.2) is 4.98 Å². The van der Waals surface area contributed by atoms with Gasteiger partial charge in [-0.3, -0.25) is 0 Å². The Labute approximate surface area is 140 Å². The van der Waals surface area contributed by atoms with E-state index in [1.54, 1.807) is 11.3 Å². The molecule has 1 aromatic carbocycles. The van der Waals surface area contributed by atoms with E-state index >= 15 is 0 Å². The molecule has 0 atom stereocenters. The van der Waals surface area contributed by atoms with Gasteiger partial charge in [-0.05, 0) is 29.5 Å². The van der Waals surface area contributed by atoms with Crippen molar-refractivity contribution < 1.29 is 0 Å². The molecule has 0 aliphatic rings. The lowest BCUT2D eigenvalue weighted by Crippen LogP contribution is -1.99. The van der Waals surface area contributed by atoms with Gasteiger partial charge in [0, 0.05) is 16.0 Å². The Balaban J connectivity index is 2.09. The van der Waals surface area contributed by atoms with Crippen LogP contribution in [0.2, 0.25) is 0 Å². The molecule has 3 aromatic rings. The van der Waals surface area contributed by atoms with E-state index in [9.17, 15) is 5.26 Å². The van der Waals surface area contributed by atoms with Gasteiger partial charge in [-0.15, -0.1) is 11.3 Å². The summed E-state index contributed by atoms with van der Waals surface area (Å²) in [5.41, 5.74) is 10.4. The molecule has 0 aliphatic carbocycles. The Morgan fingerprint density at radius 1 is 1.22 bits per heavy atom. The molecule has 0 fully saturated rings. The maximum Gasteiger partial charge on any atom is 0.142 e. The third kappa shape index (κ3) is 3.10. The highest BCUT2D eigenvalue weighted by Crippen LogP contribution is 2.33. The lowest BCUT2D eigenvalue weighted by atomic mass is 10.0. The van der Waals surface area contributed by atoms with Crippen molar-refractivity contribution in [2.24, 2.45) is 0 Å². The lowest BCUT2D eigenvalue weighted by Gasteiger charge is -2.09. The van der Waals surface area contributed by atoms with E-state index in [1.165, 1.54) is 5.56 Å². The molecule has 4 heteroatoms. The number of nitrogens with zero attached hydrogens (tertiary/aromatic N) is 2. The molecule has 2 aromatic heterocycles. The zero-order valence-electron chi connectivity index (χ0n) is 12.9. The van der Waals surface area contributed by atoms with Crippen LogP contribution in [0.15, 0.2) is 47.8 Å². The van der Waals surface area contributed by atoms with Crippen molar-refractivity contribution >= 4 is 17.2 Å². The fourth-order valence-electron chi connectivity index (χ4n) is 2.59. The molecule has 3 nitrogen and oxygen atoms in total. The summed E-state index contributed by atoms with van der Waals surface area (Å²) >= 11 is 1.59. The van der Waals surface area contributed by atoms with Crippen LogP contribution in [0.5, 0.6) is 0 Å². The van der Waals surface area contributed by atoms with Gasteiger partial charge in [-0.25, -0.2) is 4.98 Å². The maximum atomic E-state index is 9.39. The number of thiophene rings is 1. The van der Waals surface area contributed by atoms with Crippen LogP contribution < -0.4 is 5.73 Å². The van der Waals surface area contributed by atoms with Gasteiger partial charge in [-0.2, -0.15) is 5.26 Å². The number of anilines is 1. The highest BCUT2D eigenvalue weighted by molar-refractivity contribution is 7.13. The largest absolute Gasteiger partial charge is 0.383 e. The monoisotopic (exact) mass is 319 g/mol. The molecule has 2 N–H and O–H groups in total. The number of aromatic nitrogens is 1. The molecular formula is C19H17N3S. The number of nitrogen functional groups attached to an aromatic ring is 1. The number of aryl methyl sites for hydroxylation is 1. The minimum absolute atomic E-state index is 0.283. The third-order valence-corrected chi connectivity index (χ3v) is 4.64. The molecule has 3 rings (SSSR count). The van der Waals surface area contributed by atoms with E-state index in [0.717, 1.165) is 34.5 Å². The van der Waals surface area contributed by atoms with Gasteiger partial charge in [0.2, 0.25) is 0 Å². The normalized spacial score (nSPS) is 10.4. The molecule has 0 saturated heterocycles. The predicted octanol–water partition coefficient (Wildman–Crippen LogP) is 4.88. The van der Waals surface area contributed by atoms with Crippen molar-refractivity contribution in [2.75, 3.05) is 5.73 Å². The Kier molecular flexibility index (Phi) is 4.40. The molecular weight excluding hydrogens is 302 g/mol.